The van der Waals surface area contributed by atoms with Crippen molar-refractivity contribution in [2.45, 2.75) is 12.6 Å². The molecule has 0 saturated carbocycles. The Balaban J connectivity index is 2.35. The summed E-state index contributed by atoms with van der Waals surface area (Å²) in [7, 11) is 1.40. The summed E-state index contributed by atoms with van der Waals surface area (Å²) in [6, 6.07) is 5.59. The summed E-state index contributed by atoms with van der Waals surface area (Å²) < 4.78 is 5.74. The zero-order valence-electron chi connectivity index (χ0n) is 7.71. The lowest BCUT2D eigenvalue weighted by molar-refractivity contribution is -0.143. The van der Waals surface area contributed by atoms with E-state index in [4.69, 9.17) is 4.74 Å². The van der Waals surface area contributed by atoms with Gasteiger partial charge in [0.15, 0.2) is 0 Å². The second kappa shape index (κ2) is 3.71. The van der Waals surface area contributed by atoms with Crippen molar-refractivity contribution in [3.05, 3.63) is 33.8 Å². The van der Waals surface area contributed by atoms with E-state index < -0.39 is 0 Å². The van der Waals surface area contributed by atoms with Crippen molar-refractivity contribution in [1.29, 1.82) is 0 Å². The molecule has 4 heteroatoms. The Morgan fingerprint density at radius 1 is 1.64 bits per heavy atom. The summed E-state index contributed by atoms with van der Waals surface area (Å²) in [4.78, 5) is 11.4. The molecule has 0 aliphatic carbocycles. The Bertz CT molecular complexity index is 378. The molecular weight excluding hydrogens is 246 g/mol. The van der Waals surface area contributed by atoms with E-state index in [0.717, 1.165) is 15.6 Å². The van der Waals surface area contributed by atoms with Gasteiger partial charge in [-0.1, -0.05) is 22.0 Å². The minimum atomic E-state index is -0.303. The van der Waals surface area contributed by atoms with Crippen molar-refractivity contribution in [2.24, 2.45) is 0 Å². The number of carbonyl (C=O) groups is 1. The largest absolute Gasteiger partial charge is 0.468 e. The number of hydrogen-bond donors (Lipinski definition) is 1. The number of esters is 1. The molecule has 14 heavy (non-hydrogen) atoms. The van der Waals surface area contributed by atoms with Crippen LogP contribution in [-0.4, -0.2) is 13.1 Å². The molecule has 74 valence electrons. The highest BCUT2D eigenvalue weighted by Gasteiger charge is 2.28. The minimum absolute atomic E-state index is 0.230. The molecule has 1 heterocycles. The van der Waals surface area contributed by atoms with Crippen molar-refractivity contribution in [3.63, 3.8) is 0 Å². The lowest BCUT2D eigenvalue weighted by atomic mass is 10.1. The van der Waals surface area contributed by atoms with E-state index in [0.29, 0.717) is 6.54 Å². The molecule has 0 bridgehead atoms. The zero-order valence-corrected chi connectivity index (χ0v) is 9.30. The maximum atomic E-state index is 11.4. The highest BCUT2D eigenvalue weighted by atomic mass is 79.9. The van der Waals surface area contributed by atoms with Crippen LogP contribution in [0.3, 0.4) is 0 Å². The van der Waals surface area contributed by atoms with Crippen LogP contribution in [0.25, 0.3) is 0 Å². The molecule has 1 aromatic rings. The van der Waals surface area contributed by atoms with Gasteiger partial charge in [0.2, 0.25) is 0 Å². The Morgan fingerprint density at radius 2 is 2.43 bits per heavy atom. The van der Waals surface area contributed by atoms with Gasteiger partial charge in [0.05, 0.1) is 7.11 Å². The Hall–Kier alpha value is -0.870. The van der Waals surface area contributed by atoms with Gasteiger partial charge in [-0.05, 0) is 23.3 Å². The summed E-state index contributed by atoms with van der Waals surface area (Å²) in [5.41, 5.74) is 2.16. The molecule has 1 unspecified atom stereocenters. The van der Waals surface area contributed by atoms with Gasteiger partial charge in [-0.25, -0.2) is 4.79 Å². The van der Waals surface area contributed by atoms with E-state index in [1.807, 2.05) is 18.2 Å². The van der Waals surface area contributed by atoms with Crippen molar-refractivity contribution in [3.8, 4) is 0 Å². The highest BCUT2D eigenvalue weighted by molar-refractivity contribution is 9.10. The first-order valence-electron chi connectivity index (χ1n) is 4.32. The lowest BCUT2D eigenvalue weighted by Crippen LogP contribution is -2.22. The van der Waals surface area contributed by atoms with E-state index in [1.165, 1.54) is 7.11 Å². The quantitative estimate of drug-likeness (QED) is 0.778. The number of rotatable bonds is 1. The Kier molecular flexibility index (Phi) is 2.56. The third-order valence-electron chi connectivity index (χ3n) is 2.35. The van der Waals surface area contributed by atoms with Gasteiger partial charge < -0.3 is 4.74 Å². The van der Waals surface area contributed by atoms with Crippen LogP contribution in [0.15, 0.2) is 22.7 Å². The molecule has 0 fully saturated rings. The molecule has 1 atom stereocenters. The van der Waals surface area contributed by atoms with E-state index >= 15 is 0 Å². The van der Waals surface area contributed by atoms with Crippen molar-refractivity contribution in [2.75, 3.05) is 7.11 Å². The van der Waals surface area contributed by atoms with Crippen LogP contribution >= 0.6 is 15.9 Å². The highest BCUT2D eigenvalue weighted by Crippen LogP contribution is 2.28. The molecule has 1 N–H and O–H groups in total. The van der Waals surface area contributed by atoms with E-state index in [-0.39, 0.29) is 12.0 Å². The number of ether oxygens (including phenoxy) is 1. The number of carbonyl (C=O) groups excluding carboxylic acids is 1. The van der Waals surface area contributed by atoms with Crippen LogP contribution in [0, 0.1) is 0 Å². The Labute approximate surface area is 90.6 Å². The zero-order chi connectivity index (χ0) is 10.1. The fraction of sp³-hybridized carbons (Fsp3) is 0.300. The first kappa shape index (κ1) is 9.68. The summed E-state index contributed by atoms with van der Waals surface area (Å²) in [6.45, 7) is 0.717. The standard InChI is InChI=1S/C10H10BrNO2/c1-14-10(13)9-8-3-2-7(11)4-6(8)5-12-9/h2-4,9,12H,5H2,1H3. The van der Waals surface area contributed by atoms with E-state index in [9.17, 15) is 4.79 Å². The summed E-state index contributed by atoms with van der Waals surface area (Å²) in [5.74, 6) is -0.230. The molecule has 1 aliphatic heterocycles. The lowest BCUT2D eigenvalue weighted by Gasteiger charge is -2.08. The molecule has 0 amide bonds. The number of fused-ring (bicyclic) bond motifs is 1. The molecule has 0 saturated heterocycles. The molecular formula is C10H10BrNO2. The van der Waals surface area contributed by atoms with Crippen LogP contribution < -0.4 is 5.32 Å². The molecule has 2 rings (SSSR count). The number of halogens is 1. The molecule has 3 nitrogen and oxygen atoms in total. The summed E-state index contributed by atoms with van der Waals surface area (Å²) in [6.07, 6.45) is 0. The molecule has 1 aromatic carbocycles. The summed E-state index contributed by atoms with van der Waals surface area (Å²) in [5, 5.41) is 3.10. The van der Waals surface area contributed by atoms with Crippen molar-refractivity contribution < 1.29 is 9.53 Å². The number of hydrogen-bond acceptors (Lipinski definition) is 3. The third kappa shape index (κ3) is 1.55. The maximum absolute atomic E-state index is 11.4. The van der Waals surface area contributed by atoms with Crippen LogP contribution in [0.5, 0.6) is 0 Å². The van der Waals surface area contributed by atoms with Gasteiger partial charge in [-0.3, -0.25) is 5.32 Å². The van der Waals surface area contributed by atoms with Gasteiger partial charge in [0.1, 0.15) is 6.04 Å². The van der Waals surface area contributed by atoms with Crippen molar-refractivity contribution in [1.82, 2.24) is 5.32 Å². The van der Waals surface area contributed by atoms with Crippen LogP contribution in [0.1, 0.15) is 17.2 Å². The normalized spacial score (nSPS) is 19.1. The van der Waals surface area contributed by atoms with Gasteiger partial charge in [-0.2, -0.15) is 0 Å². The third-order valence-corrected chi connectivity index (χ3v) is 2.84. The van der Waals surface area contributed by atoms with Crippen LogP contribution in [0.4, 0.5) is 0 Å². The Morgan fingerprint density at radius 3 is 3.14 bits per heavy atom. The van der Waals surface area contributed by atoms with Gasteiger partial charge in [0.25, 0.3) is 0 Å². The van der Waals surface area contributed by atoms with Gasteiger partial charge in [0, 0.05) is 11.0 Å². The topological polar surface area (TPSA) is 38.3 Å². The number of benzene rings is 1. The SMILES string of the molecule is COC(=O)C1NCc2cc(Br)ccc21. The average Bonchev–Trinajstić information content (AvgIpc) is 2.59. The second-order valence-corrected chi connectivity index (χ2v) is 4.10. The first-order chi connectivity index (χ1) is 6.72. The molecule has 0 aromatic heterocycles. The monoisotopic (exact) mass is 255 g/mol. The maximum Gasteiger partial charge on any atom is 0.327 e. The molecule has 0 radical (unpaired) electrons. The predicted molar refractivity (Wildman–Crippen MR) is 55.7 cm³/mol. The van der Waals surface area contributed by atoms with Gasteiger partial charge in [-0.15, -0.1) is 0 Å². The predicted octanol–water partition coefficient (Wildman–Crippen LogP) is 1.77. The fourth-order valence-electron chi connectivity index (χ4n) is 1.66. The minimum Gasteiger partial charge on any atom is -0.468 e. The fourth-order valence-corrected chi connectivity index (χ4v) is 2.07. The van der Waals surface area contributed by atoms with E-state index in [2.05, 4.69) is 21.2 Å². The number of nitrogens with one attached hydrogen (secondary N) is 1. The molecule has 1 aliphatic rings. The van der Waals surface area contributed by atoms with Gasteiger partial charge >= 0.3 is 5.97 Å². The van der Waals surface area contributed by atoms with E-state index in [1.54, 1.807) is 0 Å². The van der Waals surface area contributed by atoms with Crippen molar-refractivity contribution >= 4 is 21.9 Å². The summed E-state index contributed by atoms with van der Waals surface area (Å²) >= 11 is 3.39. The smallest absolute Gasteiger partial charge is 0.327 e. The average molecular weight is 256 g/mol. The first-order valence-corrected chi connectivity index (χ1v) is 5.11. The van der Waals surface area contributed by atoms with Crippen LogP contribution in [0.2, 0.25) is 0 Å². The number of methoxy groups -OCH3 is 1. The van der Waals surface area contributed by atoms with Crippen LogP contribution in [-0.2, 0) is 16.1 Å². The molecule has 0 spiro atoms. The second-order valence-electron chi connectivity index (χ2n) is 3.18.